The van der Waals surface area contributed by atoms with Crippen molar-refractivity contribution in [3.05, 3.63) is 35.4 Å². The molecule has 1 unspecified atom stereocenters. The van der Waals surface area contributed by atoms with E-state index in [-0.39, 0.29) is 6.10 Å². The molecule has 2 rings (SSSR count). The minimum atomic E-state index is 0.0563. The van der Waals surface area contributed by atoms with Crippen molar-refractivity contribution in [1.82, 2.24) is 0 Å². The van der Waals surface area contributed by atoms with Gasteiger partial charge in [0.15, 0.2) is 11.5 Å². The SMILES string of the molecule is C=C(C)C1=CC(OC)CCc2cc(OC)c(OC)c(OC)c21. The second kappa shape index (κ2) is 6.88. The van der Waals surface area contributed by atoms with Crippen LogP contribution in [0.25, 0.3) is 5.57 Å². The third kappa shape index (κ3) is 2.83. The molecular formula is C18H24O4. The van der Waals surface area contributed by atoms with Crippen LogP contribution in [0.4, 0.5) is 0 Å². The van der Waals surface area contributed by atoms with Crippen molar-refractivity contribution in [3.63, 3.8) is 0 Å². The Balaban J connectivity index is 2.76. The molecule has 0 saturated heterocycles. The number of rotatable bonds is 5. The number of allylic oxidation sites excluding steroid dienone is 2. The fourth-order valence-corrected chi connectivity index (χ4v) is 2.89. The molecule has 0 radical (unpaired) electrons. The van der Waals surface area contributed by atoms with Crippen LogP contribution in [0.2, 0.25) is 0 Å². The first-order valence-electron chi connectivity index (χ1n) is 7.30. The van der Waals surface area contributed by atoms with Crippen molar-refractivity contribution in [2.75, 3.05) is 28.4 Å². The molecular weight excluding hydrogens is 280 g/mol. The highest BCUT2D eigenvalue weighted by Crippen LogP contribution is 2.47. The van der Waals surface area contributed by atoms with Crippen molar-refractivity contribution in [3.8, 4) is 17.2 Å². The Kier molecular flexibility index (Phi) is 5.14. The van der Waals surface area contributed by atoms with Crippen molar-refractivity contribution < 1.29 is 18.9 Å². The van der Waals surface area contributed by atoms with Crippen LogP contribution in [0.3, 0.4) is 0 Å². The molecule has 0 fully saturated rings. The Morgan fingerprint density at radius 1 is 1.09 bits per heavy atom. The molecule has 22 heavy (non-hydrogen) atoms. The van der Waals surface area contributed by atoms with E-state index in [2.05, 4.69) is 12.7 Å². The molecule has 0 aromatic heterocycles. The maximum absolute atomic E-state index is 5.65. The van der Waals surface area contributed by atoms with Gasteiger partial charge in [0.25, 0.3) is 0 Å². The molecule has 0 saturated carbocycles. The van der Waals surface area contributed by atoms with E-state index in [0.29, 0.717) is 17.2 Å². The zero-order chi connectivity index (χ0) is 16.3. The van der Waals surface area contributed by atoms with Gasteiger partial charge in [-0.1, -0.05) is 12.2 Å². The van der Waals surface area contributed by atoms with Gasteiger partial charge in [-0.25, -0.2) is 0 Å². The van der Waals surface area contributed by atoms with Gasteiger partial charge in [-0.15, -0.1) is 0 Å². The molecule has 1 aliphatic carbocycles. The van der Waals surface area contributed by atoms with Crippen molar-refractivity contribution in [1.29, 1.82) is 0 Å². The molecule has 0 spiro atoms. The minimum absolute atomic E-state index is 0.0563. The first-order valence-corrected chi connectivity index (χ1v) is 7.30. The lowest BCUT2D eigenvalue weighted by atomic mass is 9.93. The predicted octanol–water partition coefficient (Wildman–Crippen LogP) is 3.63. The number of hydrogen-bond acceptors (Lipinski definition) is 4. The zero-order valence-corrected chi connectivity index (χ0v) is 14.0. The average Bonchev–Trinajstić information content (AvgIpc) is 2.72. The summed E-state index contributed by atoms with van der Waals surface area (Å²) in [5.41, 5.74) is 4.18. The maximum Gasteiger partial charge on any atom is 0.203 e. The summed E-state index contributed by atoms with van der Waals surface area (Å²) in [7, 11) is 6.62. The first kappa shape index (κ1) is 16.4. The fraction of sp³-hybridized carbons (Fsp3) is 0.444. The third-order valence-corrected chi connectivity index (χ3v) is 3.99. The highest BCUT2D eigenvalue weighted by molar-refractivity contribution is 5.86. The van der Waals surface area contributed by atoms with Gasteiger partial charge < -0.3 is 18.9 Å². The summed E-state index contributed by atoms with van der Waals surface area (Å²) in [5.74, 6) is 1.96. The van der Waals surface area contributed by atoms with Crippen LogP contribution in [-0.4, -0.2) is 34.5 Å². The predicted molar refractivity (Wildman–Crippen MR) is 88.0 cm³/mol. The first-order chi connectivity index (χ1) is 10.6. The quantitative estimate of drug-likeness (QED) is 0.832. The summed E-state index contributed by atoms with van der Waals surface area (Å²) in [6.07, 6.45) is 3.94. The molecule has 0 heterocycles. The van der Waals surface area contributed by atoms with E-state index in [1.54, 1.807) is 28.4 Å². The van der Waals surface area contributed by atoms with E-state index in [9.17, 15) is 0 Å². The van der Waals surface area contributed by atoms with E-state index in [1.807, 2.05) is 13.0 Å². The van der Waals surface area contributed by atoms with Gasteiger partial charge in [-0.3, -0.25) is 0 Å². The minimum Gasteiger partial charge on any atom is -0.493 e. The molecule has 120 valence electrons. The van der Waals surface area contributed by atoms with Gasteiger partial charge in [0.05, 0.1) is 27.4 Å². The fourth-order valence-electron chi connectivity index (χ4n) is 2.89. The van der Waals surface area contributed by atoms with Crippen LogP contribution in [0.15, 0.2) is 24.3 Å². The number of methoxy groups -OCH3 is 4. The van der Waals surface area contributed by atoms with Crippen LogP contribution in [0.5, 0.6) is 17.2 Å². The van der Waals surface area contributed by atoms with E-state index < -0.39 is 0 Å². The van der Waals surface area contributed by atoms with Crippen molar-refractivity contribution >= 4 is 5.57 Å². The van der Waals surface area contributed by atoms with Crippen molar-refractivity contribution in [2.45, 2.75) is 25.9 Å². The molecule has 4 nitrogen and oxygen atoms in total. The highest BCUT2D eigenvalue weighted by Gasteiger charge is 2.26. The third-order valence-electron chi connectivity index (χ3n) is 3.99. The summed E-state index contributed by atoms with van der Waals surface area (Å²) >= 11 is 0. The van der Waals surface area contributed by atoms with Crippen LogP contribution < -0.4 is 14.2 Å². The van der Waals surface area contributed by atoms with E-state index >= 15 is 0 Å². The van der Waals surface area contributed by atoms with Crippen LogP contribution in [-0.2, 0) is 11.2 Å². The smallest absolute Gasteiger partial charge is 0.203 e. The Labute approximate surface area is 132 Å². The maximum atomic E-state index is 5.65. The Morgan fingerprint density at radius 3 is 2.27 bits per heavy atom. The molecule has 1 aromatic rings. The molecule has 0 N–H and O–H groups in total. The second-order valence-electron chi connectivity index (χ2n) is 5.35. The lowest BCUT2D eigenvalue weighted by molar-refractivity contribution is 0.135. The number of ether oxygens (including phenoxy) is 4. The topological polar surface area (TPSA) is 36.9 Å². The largest absolute Gasteiger partial charge is 0.493 e. The average molecular weight is 304 g/mol. The summed E-state index contributed by atoms with van der Waals surface area (Å²) in [5, 5.41) is 0. The lowest BCUT2D eigenvalue weighted by Gasteiger charge is -2.20. The highest BCUT2D eigenvalue weighted by atomic mass is 16.5. The standard InChI is InChI=1S/C18H24O4/c1-11(2)14-10-13(19-3)8-7-12-9-15(20-4)17(21-5)18(22-6)16(12)14/h9-10,13H,1,7-8H2,2-6H3. The number of fused-ring (bicyclic) bond motifs is 1. The summed E-state index contributed by atoms with van der Waals surface area (Å²) < 4.78 is 22.2. The van der Waals surface area contributed by atoms with E-state index in [0.717, 1.165) is 35.1 Å². The van der Waals surface area contributed by atoms with E-state index in [4.69, 9.17) is 18.9 Å². The Hall–Kier alpha value is -1.94. The molecule has 0 bridgehead atoms. The Morgan fingerprint density at radius 2 is 1.77 bits per heavy atom. The van der Waals surface area contributed by atoms with Gasteiger partial charge in [-0.2, -0.15) is 0 Å². The number of aryl methyl sites for hydroxylation is 1. The van der Waals surface area contributed by atoms with Crippen LogP contribution >= 0.6 is 0 Å². The molecule has 0 amide bonds. The zero-order valence-electron chi connectivity index (χ0n) is 14.0. The molecule has 1 aliphatic rings. The monoisotopic (exact) mass is 304 g/mol. The van der Waals surface area contributed by atoms with Crippen LogP contribution in [0, 0.1) is 0 Å². The van der Waals surface area contributed by atoms with E-state index in [1.165, 1.54) is 0 Å². The molecule has 1 aromatic carbocycles. The summed E-state index contributed by atoms with van der Waals surface area (Å²) in [4.78, 5) is 0. The lowest BCUT2D eigenvalue weighted by Crippen LogP contribution is -2.06. The number of hydrogen-bond donors (Lipinski definition) is 0. The number of benzene rings is 1. The van der Waals surface area contributed by atoms with Gasteiger partial charge in [0.1, 0.15) is 0 Å². The molecule has 1 atom stereocenters. The van der Waals surface area contributed by atoms with Gasteiger partial charge in [0, 0.05) is 12.7 Å². The van der Waals surface area contributed by atoms with Crippen LogP contribution in [0.1, 0.15) is 24.5 Å². The van der Waals surface area contributed by atoms with Gasteiger partial charge in [-0.05, 0) is 43.0 Å². The molecule has 4 heteroatoms. The second-order valence-corrected chi connectivity index (χ2v) is 5.35. The normalized spacial score (nSPS) is 17.1. The Bertz CT molecular complexity index is 602. The van der Waals surface area contributed by atoms with Crippen molar-refractivity contribution in [2.24, 2.45) is 0 Å². The summed E-state index contributed by atoms with van der Waals surface area (Å²) in [6, 6.07) is 2.02. The summed E-state index contributed by atoms with van der Waals surface area (Å²) in [6.45, 7) is 6.10. The van der Waals surface area contributed by atoms with Gasteiger partial charge in [0.2, 0.25) is 5.75 Å². The molecule has 0 aliphatic heterocycles. The van der Waals surface area contributed by atoms with Gasteiger partial charge >= 0.3 is 0 Å².